The van der Waals surface area contributed by atoms with Gasteiger partial charge in [0.25, 0.3) is 5.56 Å². The Morgan fingerprint density at radius 2 is 1.85 bits per heavy atom. The smallest absolute Gasteiger partial charge is 0.338 e. The molecule has 210 valence electrons. The van der Waals surface area contributed by atoms with Crippen molar-refractivity contribution in [2.24, 2.45) is 4.99 Å². The van der Waals surface area contributed by atoms with Crippen molar-refractivity contribution >= 4 is 73.5 Å². The highest BCUT2D eigenvalue weighted by molar-refractivity contribution is 14.1. The van der Waals surface area contributed by atoms with Crippen molar-refractivity contribution < 1.29 is 14.3 Å². The maximum Gasteiger partial charge on any atom is 0.338 e. The number of aryl methyl sites for hydroxylation is 1. The molecule has 0 spiro atoms. The molecule has 0 bridgehead atoms. The van der Waals surface area contributed by atoms with Crippen molar-refractivity contribution in [3.63, 3.8) is 0 Å². The molecule has 0 N–H and O–H groups in total. The maximum absolute atomic E-state index is 14.0. The summed E-state index contributed by atoms with van der Waals surface area (Å²) in [7, 11) is 0. The molecular formula is C31H25BrClIN2O4S. The summed E-state index contributed by atoms with van der Waals surface area (Å²) in [6.45, 7) is 6.09. The Hall–Kier alpha value is -2.73. The van der Waals surface area contributed by atoms with Gasteiger partial charge in [-0.2, -0.15) is 0 Å². The Kier molecular flexibility index (Phi) is 9.18. The van der Waals surface area contributed by atoms with Crippen LogP contribution >= 0.6 is 61.5 Å². The number of fused-ring (bicyclic) bond motifs is 1. The number of carbonyl (C=O) groups excluding carboxylic acids is 1. The number of thiazole rings is 1. The van der Waals surface area contributed by atoms with Gasteiger partial charge in [0.1, 0.15) is 12.4 Å². The van der Waals surface area contributed by atoms with Gasteiger partial charge < -0.3 is 9.47 Å². The predicted octanol–water partition coefficient (Wildman–Crippen LogP) is 6.71. The fourth-order valence-corrected chi connectivity index (χ4v) is 7.09. The summed E-state index contributed by atoms with van der Waals surface area (Å²) in [6.07, 6.45) is 1.78. The molecule has 0 radical (unpaired) electrons. The number of hydrogen-bond donors (Lipinski definition) is 0. The molecule has 41 heavy (non-hydrogen) atoms. The van der Waals surface area contributed by atoms with Crippen LogP contribution in [-0.4, -0.2) is 17.1 Å². The number of allylic oxidation sites excluding steroid dienone is 1. The van der Waals surface area contributed by atoms with Gasteiger partial charge in [0.05, 0.1) is 32.0 Å². The summed E-state index contributed by atoms with van der Waals surface area (Å²) >= 11 is 13.3. The molecule has 0 saturated heterocycles. The first kappa shape index (κ1) is 29.8. The number of ether oxygens (including phenoxy) is 2. The normalized spacial score (nSPS) is 15.0. The highest BCUT2D eigenvalue weighted by atomic mass is 127. The number of aromatic nitrogens is 1. The second-order valence-corrected chi connectivity index (χ2v) is 13.0. The van der Waals surface area contributed by atoms with E-state index in [1.165, 1.54) is 11.3 Å². The lowest BCUT2D eigenvalue weighted by molar-refractivity contribution is -0.139. The monoisotopic (exact) mass is 762 g/mol. The van der Waals surface area contributed by atoms with Gasteiger partial charge in [0.15, 0.2) is 4.80 Å². The molecule has 10 heteroatoms. The lowest BCUT2D eigenvalue weighted by atomic mass is 9.95. The number of carbonyl (C=O) groups is 1. The fourth-order valence-electron chi connectivity index (χ4n) is 4.57. The quantitative estimate of drug-likeness (QED) is 0.155. The van der Waals surface area contributed by atoms with Crippen LogP contribution in [0.5, 0.6) is 5.75 Å². The van der Waals surface area contributed by atoms with E-state index in [4.69, 9.17) is 21.1 Å². The van der Waals surface area contributed by atoms with E-state index in [1.807, 2.05) is 61.5 Å². The summed E-state index contributed by atoms with van der Waals surface area (Å²) in [5.41, 5.74) is 4.18. The third kappa shape index (κ3) is 6.38. The topological polar surface area (TPSA) is 69.9 Å². The Morgan fingerprint density at radius 3 is 2.54 bits per heavy atom. The zero-order chi connectivity index (χ0) is 29.3. The maximum atomic E-state index is 14.0. The third-order valence-electron chi connectivity index (χ3n) is 6.53. The van der Waals surface area contributed by atoms with Crippen LogP contribution in [0.25, 0.3) is 6.08 Å². The van der Waals surface area contributed by atoms with E-state index in [0.717, 1.165) is 24.7 Å². The number of halogens is 3. The molecule has 1 aromatic heterocycles. The van der Waals surface area contributed by atoms with Crippen molar-refractivity contribution in [2.75, 3.05) is 6.61 Å². The number of hydrogen-bond acceptors (Lipinski definition) is 6. The molecule has 3 aromatic carbocycles. The van der Waals surface area contributed by atoms with E-state index in [2.05, 4.69) is 43.5 Å². The first-order valence-electron chi connectivity index (χ1n) is 12.8. The van der Waals surface area contributed by atoms with Crippen LogP contribution in [0.4, 0.5) is 0 Å². The molecule has 1 aliphatic heterocycles. The second kappa shape index (κ2) is 12.6. The molecule has 0 aliphatic carbocycles. The van der Waals surface area contributed by atoms with Crippen molar-refractivity contribution in [2.45, 2.75) is 33.4 Å². The molecule has 0 fully saturated rings. The number of rotatable bonds is 7. The third-order valence-corrected chi connectivity index (χ3v) is 9.06. The minimum Gasteiger partial charge on any atom is -0.487 e. The zero-order valence-corrected chi connectivity index (χ0v) is 27.7. The summed E-state index contributed by atoms with van der Waals surface area (Å²) in [5.74, 6) is 0.142. The lowest BCUT2D eigenvalue weighted by Crippen LogP contribution is -2.39. The van der Waals surface area contributed by atoms with Crippen LogP contribution in [0.1, 0.15) is 42.1 Å². The van der Waals surface area contributed by atoms with Gasteiger partial charge in [0, 0.05) is 15.1 Å². The first-order chi connectivity index (χ1) is 19.7. The van der Waals surface area contributed by atoms with Crippen molar-refractivity contribution in [3.8, 4) is 5.75 Å². The van der Waals surface area contributed by atoms with E-state index < -0.39 is 12.0 Å². The van der Waals surface area contributed by atoms with Crippen LogP contribution < -0.4 is 19.6 Å². The SMILES string of the molecule is CCOC(=O)C1=C(C)N=c2s/c(=C\c3cc(Cl)cc(I)c3OCc3ccc(Br)cc3)c(=O)n2[C@H]1c1ccc(C)cc1. The molecule has 5 rings (SSSR count). The fraction of sp³-hybridized carbons (Fsp3) is 0.194. The van der Waals surface area contributed by atoms with Gasteiger partial charge >= 0.3 is 5.97 Å². The molecule has 0 unspecified atom stereocenters. The standard InChI is InChI=1S/C31H25BrClIN2O4S/c1-4-39-30(38)26-18(3)35-31-36(27(26)20-9-5-17(2)6-10-20)29(37)25(41-31)14-21-13-23(33)15-24(34)28(21)40-16-19-7-11-22(32)12-8-19/h5-15,27H,4,16H2,1-3H3/b25-14-/t27-/m0/s1. The van der Waals surface area contributed by atoms with Crippen LogP contribution in [0.3, 0.4) is 0 Å². The number of benzene rings is 3. The summed E-state index contributed by atoms with van der Waals surface area (Å²) in [5, 5.41) is 0.530. The van der Waals surface area contributed by atoms with Gasteiger partial charge in [-0.25, -0.2) is 9.79 Å². The van der Waals surface area contributed by atoms with E-state index in [-0.39, 0.29) is 12.2 Å². The Labute approximate surface area is 268 Å². The van der Waals surface area contributed by atoms with E-state index in [0.29, 0.717) is 43.5 Å². The zero-order valence-electron chi connectivity index (χ0n) is 22.4. The van der Waals surface area contributed by atoms with Gasteiger partial charge in [-0.15, -0.1) is 0 Å². The van der Waals surface area contributed by atoms with Crippen LogP contribution in [-0.2, 0) is 16.1 Å². The van der Waals surface area contributed by atoms with Gasteiger partial charge in [-0.1, -0.05) is 80.8 Å². The van der Waals surface area contributed by atoms with E-state index in [9.17, 15) is 9.59 Å². The van der Waals surface area contributed by atoms with Gasteiger partial charge in [-0.3, -0.25) is 9.36 Å². The largest absolute Gasteiger partial charge is 0.487 e. The Morgan fingerprint density at radius 1 is 1.15 bits per heavy atom. The molecule has 0 amide bonds. The number of nitrogens with zero attached hydrogens (tertiary/aromatic N) is 2. The van der Waals surface area contributed by atoms with Crippen LogP contribution in [0.2, 0.25) is 5.02 Å². The van der Waals surface area contributed by atoms with Gasteiger partial charge in [0.2, 0.25) is 0 Å². The number of esters is 1. The average molecular weight is 764 g/mol. The minimum atomic E-state index is -0.666. The lowest BCUT2D eigenvalue weighted by Gasteiger charge is -2.24. The van der Waals surface area contributed by atoms with Gasteiger partial charge in [-0.05, 0) is 84.8 Å². The molecule has 1 aliphatic rings. The highest BCUT2D eigenvalue weighted by Crippen LogP contribution is 2.32. The summed E-state index contributed by atoms with van der Waals surface area (Å²) in [6, 6.07) is 18.6. The molecule has 0 saturated carbocycles. The molecule has 2 heterocycles. The van der Waals surface area contributed by atoms with Crippen molar-refractivity contribution in [1.82, 2.24) is 4.57 Å². The average Bonchev–Trinajstić information content (AvgIpc) is 3.23. The first-order valence-corrected chi connectivity index (χ1v) is 15.9. The van der Waals surface area contributed by atoms with E-state index in [1.54, 1.807) is 30.6 Å². The predicted molar refractivity (Wildman–Crippen MR) is 174 cm³/mol. The highest BCUT2D eigenvalue weighted by Gasteiger charge is 2.33. The second-order valence-electron chi connectivity index (χ2n) is 9.43. The summed E-state index contributed by atoms with van der Waals surface area (Å²) < 4.78 is 15.5. The molecule has 6 nitrogen and oxygen atoms in total. The van der Waals surface area contributed by atoms with Crippen LogP contribution in [0, 0.1) is 10.5 Å². The molecular weight excluding hydrogens is 739 g/mol. The summed E-state index contributed by atoms with van der Waals surface area (Å²) in [4.78, 5) is 32.3. The molecule has 4 aromatic rings. The Bertz CT molecular complexity index is 1850. The van der Waals surface area contributed by atoms with Crippen LogP contribution in [0.15, 0.2) is 86.2 Å². The van der Waals surface area contributed by atoms with E-state index >= 15 is 0 Å². The molecule has 1 atom stereocenters. The Balaban J connectivity index is 1.64. The van der Waals surface area contributed by atoms with Crippen molar-refractivity contribution in [1.29, 1.82) is 0 Å². The van der Waals surface area contributed by atoms with Crippen molar-refractivity contribution in [3.05, 3.63) is 127 Å². The minimum absolute atomic E-state index is 0.219.